The number of piperidine rings is 2. The van der Waals surface area contributed by atoms with Gasteiger partial charge in [0.25, 0.3) is 0 Å². The number of hydrogen-bond acceptors (Lipinski definition) is 7. The van der Waals surface area contributed by atoms with Gasteiger partial charge in [0.15, 0.2) is 0 Å². The second-order valence-corrected chi connectivity index (χ2v) is 14.0. The minimum atomic E-state index is -0.243. The average Bonchev–Trinajstić information content (AvgIpc) is 3.67. The van der Waals surface area contributed by atoms with Gasteiger partial charge in [0.1, 0.15) is 0 Å². The second-order valence-electron chi connectivity index (χ2n) is 12.2. The van der Waals surface area contributed by atoms with Crippen molar-refractivity contribution in [1.82, 2.24) is 20.7 Å². The predicted octanol–water partition coefficient (Wildman–Crippen LogP) is 2.39. The van der Waals surface area contributed by atoms with Crippen LogP contribution in [0.2, 0.25) is 0 Å². The molecule has 0 spiro atoms. The highest BCUT2D eigenvalue weighted by Gasteiger charge is 2.54. The van der Waals surface area contributed by atoms with Gasteiger partial charge in [0.05, 0.1) is 23.4 Å². The van der Waals surface area contributed by atoms with Crippen LogP contribution in [0.15, 0.2) is 0 Å². The van der Waals surface area contributed by atoms with Crippen LogP contribution >= 0.6 is 21.0 Å². The van der Waals surface area contributed by atoms with E-state index >= 15 is 0 Å². The third kappa shape index (κ3) is 5.14. The minimum absolute atomic E-state index is 0.141. The normalized spacial score (nSPS) is 46.1. The van der Waals surface area contributed by atoms with Crippen molar-refractivity contribution in [1.29, 1.82) is 0 Å². The van der Waals surface area contributed by atoms with E-state index in [1.807, 2.05) is 0 Å². The van der Waals surface area contributed by atoms with Gasteiger partial charge in [-0.15, -0.1) is 21.0 Å². The Morgan fingerprint density at radius 1 is 1.14 bits per heavy atom. The summed E-state index contributed by atoms with van der Waals surface area (Å²) in [4.78, 5) is 16.2. The Bertz CT molecular complexity index is 774. The lowest BCUT2D eigenvalue weighted by Gasteiger charge is -2.49. The molecule has 206 valence electrons. The van der Waals surface area contributed by atoms with Gasteiger partial charge in [-0.3, -0.25) is 10.2 Å². The van der Waals surface area contributed by atoms with E-state index in [0.29, 0.717) is 24.5 Å². The quantitative estimate of drug-likeness (QED) is 0.369. The maximum atomic E-state index is 14.0. The Morgan fingerprint density at radius 3 is 2.53 bits per heavy atom. The van der Waals surface area contributed by atoms with Gasteiger partial charge in [-0.2, -0.15) is 0 Å². The van der Waals surface area contributed by atoms with Gasteiger partial charge in [0.2, 0.25) is 5.91 Å². The molecule has 3 aliphatic heterocycles. The molecule has 5 fully saturated rings. The van der Waals surface area contributed by atoms with Crippen molar-refractivity contribution in [3.05, 3.63) is 0 Å². The van der Waals surface area contributed by atoms with Crippen molar-refractivity contribution in [2.45, 2.75) is 119 Å². The highest BCUT2D eigenvalue weighted by Crippen LogP contribution is 2.47. The fourth-order valence-electron chi connectivity index (χ4n) is 8.18. The molecule has 1 amide bonds. The van der Waals surface area contributed by atoms with Gasteiger partial charge < -0.3 is 21.1 Å². The molecule has 2 saturated carbocycles. The summed E-state index contributed by atoms with van der Waals surface area (Å²) < 4.78 is 0. The number of carbonyl (C=O) groups is 1. The van der Waals surface area contributed by atoms with Crippen molar-refractivity contribution in [3.63, 3.8) is 0 Å². The van der Waals surface area contributed by atoms with Crippen LogP contribution in [0.1, 0.15) is 71.6 Å². The summed E-state index contributed by atoms with van der Waals surface area (Å²) >= 11 is 1.78. The molecule has 5 N–H and O–H groups in total. The molecule has 7 nitrogen and oxygen atoms in total. The number of rotatable bonds is 7. The summed E-state index contributed by atoms with van der Waals surface area (Å²) in [6, 6.07) is 1.03. The van der Waals surface area contributed by atoms with Crippen LogP contribution in [0.5, 0.6) is 0 Å². The molecule has 9 heteroatoms. The van der Waals surface area contributed by atoms with Crippen LogP contribution in [0.4, 0.5) is 0 Å². The number of nitrogens with one attached hydrogen (secondary N) is 2. The maximum Gasteiger partial charge on any atom is 0.228 e. The van der Waals surface area contributed by atoms with E-state index < -0.39 is 0 Å². The highest BCUT2D eigenvalue weighted by atomic mass is 32.2. The van der Waals surface area contributed by atoms with Crippen LogP contribution in [0, 0.1) is 23.7 Å². The molecule has 12 atom stereocenters. The zero-order chi connectivity index (χ0) is 25.6. The zero-order valence-electron chi connectivity index (χ0n) is 22.5. The molecule has 5 aliphatic rings. The second kappa shape index (κ2) is 11.7. The molecule has 12 unspecified atom stereocenters. The summed E-state index contributed by atoms with van der Waals surface area (Å²) in [6.07, 6.45) is 12.1. The van der Waals surface area contributed by atoms with E-state index in [4.69, 9.17) is 5.73 Å². The lowest BCUT2D eigenvalue weighted by molar-refractivity contribution is -0.143. The number of likely N-dealkylation sites (tertiary alicyclic amines) is 1. The summed E-state index contributed by atoms with van der Waals surface area (Å²) in [6.45, 7) is 5.96. The standard InChI is InChI=1S/C27H50N5O2PS/c1-4-6-18-23-19(5-2)31(27(34)17-14-29-26(36-3)25(35)24(17)28)12-11-21(23)32(30-18)20-10-9-16(13-22(20)33)15-7-8-15/h15-26,29-30,33H,4-14,28,35H2,1-3H3. The summed E-state index contributed by atoms with van der Waals surface area (Å²) in [5.74, 6) is 2.07. The number of aliphatic hydroxyl groups excluding tert-OH is 1. The van der Waals surface area contributed by atoms with E-state index in [0.717, 1.165) is 56.9 Å². The topological polar surface area (TPSA) is 93.9 Å². The summed E-state index contributed by atoms with van der Waals surface area (Å²) in [5, 5.41) is 17.6. The Hall–Kier alpha value is 0.0500. The number of carbonyl (C=O) groups excluding carboxylic acids is 1. The molecule has 0 aromatic heterocycles. The van der Waals surface area contributed by atoms with Gasteiger partial charge in [-0.25, -0.2) is 5.01 Å². The van der Waals surface area contributed by atoms with Crippen LogP contribution < -0.4 is 16.5 Å². The van der Waals surface area contributed by atoms with Crippen molar-refractivity contribution >= 4 is 26.9 Å². The third-order valence-corrected chi connectivity index (χ3v) is 12.3. The Kier molecular flexibility index (Phi) is 8.94. The van der Waals surface area contributed by atoms with Crippen molar-refractivity contribution in [2.24, 2.45) is 29.4 Å². The first-order valence-electron chi connectivity index (χ1n) is 14.7. The van der Waals surface area contributed by atoms with Crippen LogP contribution in [0.3, 0.4) is 0 Å². The van der Waals surface area contributed by atoms with E-state index in [9.17, 15) is 9.90 Å². The average molecular weight is 540 g/mol. The summed E-state index contributed by atoms with van der Waals surface area (Å²) in [5.41, 5.74) is 10.8. The minimum Gasteiger partial charge on any atom is -0.391 e. The first kappa shape index (κ1) is 27.6. The van der Waals surface area contributed by atoms with E-state index in [2.05, 4.69) is 50.0 Å². The van der Waals surface area contributed by atoms with Gasteiger partial charge >= 0.3 is 0 Å². The Labute approximate surface area is 225 Å². The fraction of sp³-hybridized carbons (Fsp3) is 0.963. The van der Waals surface area contributed by atoms with Gasteiger partial charge in [-0.1, -0.05) is 20.3 Å². The number of fused-ring (bicyclic) bond motifs is 1. The molecule has 0 aromatic rings. The molecule has 36 heavy (non-hydrogen) atoms. The van der Waals surface area contributed by atoms with Crippen molar-refractivity contribution in [2.75, 3.05) is 19.3 Å². The monoisotopic (exact) mass is 539 g/mol. The van der Waals surface area contributed by atoms with Crippen LogP contribution in [-0.2, 0) is 4.79 Å². The zero-order valence-corrected chi connectivity index (χ0v) is 24.5. The van der Waals surface area contributed by atoms with Gasteiger partial charge in [0, 0.05) is 48.8 Å². The third-order valence-electron chi connectivity index (χ3n) is 10.2. The first-order valence-corrected chi connectivity index (χ1v) is 16.6. The number of aliphatic hydroxyl groups is 1. The number of nitrogens with two attached hydrogens (primary N) is 1. The largest absolute Gasteiger partial charge is 0.391 e. The molecule has 5 rings (SSSR count). The molecule has 2 aliphatic carbocycles. The number of hydrazine groups is 1. The Balaban J connectivity index is 1.32. The van der Waals surface area contributed by atoms with E-state index in [-0.39, 0.29) is 47.1 Å². The number of thioether (sulfide) groups is 1. The molecule has 3 heterocycles. The molecule has 0 radical (unpaired) electrons. The maximum absolute atomic E-state index is 14.0. The number of hydrogen-bond donors (Lipinski definition) is 4. The van der Waals surface area contributed by atoms with E-state index in [1.165, 1.54) is 19.3 Å². The van der Waals surface area contributed by atoms with Crippen molar-refractivity contribution < 1.29 is 9.90 Å². The highest BCUT2D eigenvalue weighted by molar-refractivity contribution is 7.99. The molecular weight excluding hydrogens is 489 g/mol. The Morgan fingerprint density at radius 2 is 1.89 bits per heavy atom. The molecule has 0 aromatic carbocycles. The van der Waals surface area contributed by atoms with E-state index in [1.54, 1.807) is 11.8 Å². The molecular formula is C27H50N5O2PS. The first-order chi connectivity index (χ1) is 17.4. The molecule has 3 saturated heterocycles. The molecule has 0 bridgehead atoms. The SMILES string of the molecule is CCCC1NN(C2CCC(C3CC3)CC2O)C2CCN(C(=O)C3CNC(SC)C(P)C3N)C(CC)C12. The lowest BCUT2D eigenvalue weighted by atomic mass is 9.76. The lowest BCUT2D eigenvalue weighted by Crippen LogP contribution is -2.64. The fourth-order valence-corrected chi connectivity index (χ4v) is 9.81. The number of nitrogens with zero attached hydrogens (tertiary/aromatic N) is 2. The van der Waals surface area contributed by atoms with Crippen LogP contribution in [-0.4, -0.2) is 87.6 Å². The smallest absolute Gasteiger partial charge is 0.228 e. The van der Waals surface area contributed by atoms with Crippen molar-refractivity contribution in [3.8, 4) is 0 Å². The van der Waals surface area contributed by atoms with Crippen LogP contribution in [0.25, 0.3) is 0 Å². The summed E-state index contributed by atoms with van der Waals surface area (Å²) in [7, 11) is 2.89. The van der Waals surface area contributed by atoms with Gasteiger partial charge in [-0.05, 0) is 69.5 Å². The predicted molar refractivity (Wildman–Crippen MR) is 151 cm³/mol. The number of amides is 1.